The summed E-state index contributed by atoms with van der Waals surface area (Å²) >= 11 is 0. The van der Waals surface area contributed by atoms with Gasteiger partial charge in [-0.05, 0) is 44.2 Å². The zero-order valence-corrected chi connectivity index (χ0v) is 11.5. The summed E-state index contributed by atoms with van der Waals surface area (Å²) in [6.07, 6.45) is 3.53. The Kier molecular flexibility index (Phi) is 4.25. The maximum Gasteiger partial charge on any atom is 0.338 e. The molecular weight excluding hydrogens is 240 g/mol. The first-order valence-electron chi connectivity index (χ1n) is 6.69. The van der Waals surface area contributed by atoms with Crippen LogP contribution in [0.1, 0.15) is 33.1 Å². The lowest BCUT2D eigenvalue weighted by Crippen LogP contribution is -2.14. The minimum atomic E-state index is -0.421. The summed E-state index contributed by atoms with van der Waals surface area (Å²) < 4.78 is 11.2. The van der Waals surface area contributed by atoms with E-state index in [0.29, 0.717) is 23.0 Å². The number of benzene rings is 1. The lowest BCUT2D eigenvalue weighted by atomic mass is 10.1. The Hall–Kier alpha value is -1.77. The van der Waals surface area contributed by atoms with Gasteiger partial charge >= 0.3 is 5.97 Å². The molecule has 1 aromatic carbocycles. The van der Waals surface area contributed by atoms with Gasteiger partial charge in [0.1, 0.15) is 0 Å². The molecule has 1 aromatic rings. The summed E-state index contributed by atoms with van der Waals surface area (Å²) in [5, 5.41) is 0. The molecule has 2 unspecified atom stereocenters. The molecule has 0 aliphatic heterocycles. The second-order valence-electron chi connectivity index (χ2n) is 5.27. The van der Waals surface area contributed by atoms with Crippen LogP contribution in [0.2, 0.25) is 0 Å². The number of esters is 1. The predicted molar refractivity (Wildman–Crippen MR) is 74.3 cm³/mol. The van der Waals surface area contributed by atoms with E-state index >= 15 is 0 Å². The number of carbonyl (C=O) groups is 1. The average molecular weight is 260 g/mol. The third-order valence-electron chi connectivity index (χ3n) is 3.34. The Labute approximate surface area is 114 Å². The van der Waals surface area contributed by atoms with Gasteiger partial charge in [0.2, 0.25) is 0 Å². The van der Waals surface area contributed by atoms with Crippen LogP contribution in [0.15, 0.2) is 36.4 Å². The van der Waals surface area contributed by atoms with Crippen LogP contribution in [0, 0.1) is 5.92 Å². The molecule has 0 heterocycles. The topological polar surface area (TPSA) is 35.5 Å². The summed E-state index contributed by atoms with van der Waals surface area (Å²) in [4.78, 5) is 11.6. The Morgan fingerprint density at radius 3 is 2.53 bits per heavy atom. The monoisotopic (exact) mass is 260 g/mol. The summed E-state index contributed by atoms with van der Waals surface area (Å²) in [6.45, 7) is 7.44. The Morgan fingerprint density at radius 1 is 1.26 bits per heavy atom. The minimum absolute atomic E-state index is 0.222. The molecule has 2 atom stereocenters. The Balaban J connectivity index is 2.08. The fraction of sp³-hybridized carbons (Fsp3) is 0.438. The zero-order chi connectivity index (χ0) is 13.8. The van der Waals surface area contributed by atoms with Crippen LogP contribution < -0.4 is 9.47 Å². The van der Waals surface area contributed by atoms with Crippen LogP contribution in [0.5, 0.6) is 11.5 Å². The molecule has 102 valence electrons. The van der Waals surface area contributed by atoms with E-state index in [9.17, 15) is 4.79 Å². The highest BCUT2D eigenvalue weighted by atomic mass is 16.6. The molecule has 0 saturated heterocycles. The van der Waals surface area contributed by atoms with Gasteiger partial charge in [-0.3, -0.25) is 0 Å². The number of rotatable bonds is 4. The number of ether oxygens (including phenoxy) is 2. The first-order valence-corrected chi connectivity index (χ1v) is 6.69. The van der Waals surface area contributed by atoms with Crippen molar-refractivity contribution in [3.63, 3.8) is 0 Å². The second-order valence-corrected chi connectivity index (χ2v) is 5.27. The van der Waals surface area contributed by atoms with Crippen LogP contribution in [0.3, 0.4) is 0 Å². The molecule has 0 aromatic heterocycles. The van der Waals surface area contributed by atoms with Crippen molar-refractivity contribution < 1.29 is 14.3 Å². The van der Waals surface area contributed by atoms with Gasteiger partial charge in [0.05, 0.1) is 6.10 Å². The highest BCUT2D eigenvalue weighted by Crippen LogP contribution is 2.33. The third-order valence-corrected chi connectivity index (χ3v) is 3.34. The van der Waals surface area contributed by atoms with E-state index in [1.54, 1.807) is 13.0 Å². The molecule has 0 bridgehead atoms. The van der Waals surface area contributed by atoms with Crippen LogP contribution in [0.25, 0.3) is 0 Å². The van der Waals surface area contributed by atoms with E-state index < -0.39 is 5.97 Å². The molecular formula is C16H20O3. The van der Waals surface area contributed by atoms with Crippen molar-refractivity contribution in [3.05, 3.63) is 36.4 Å². The highest BCUT2D eigenvalue weighted by molar-refractivity contribution is 5.89. The lowest BCUT2D eigenvalue weighted by Gasteiger charge is -2.16. The zero-order valence-electron chi connectivity index (χ0n) is 11.5. The second kappa shape index (κ2) is 5.91. The highest BCUT2D eigenvalue weighted by Gasteiger charge is 2.24. The molecule has 1 fully saturated rings. The molecule has 0 amide bonds. The normalized spacial score (nSPS) is 22.0. The molecule has 0 radical (unpaired) electrons. The van der Waals surface area contributed by atoms with Crippen molar-refractivity contribution in [3.8, 4) is 11.5 Å². The fourth-order valence-corrected chi connectivity index (χ4v) is 2.26. The molecule has 1 aliphatic carbocycles. The van der Waals surface area contributed by atoms with Gasteiger partial charge in [-0.2, -0.15) is 0 Å². The molecule has 1 aliphatic rings. The van der Waals surface area contributed by atoms with E-state index in [2.05, 4.69) is 13.5 Å². The average Bonchev–Trinajstić information content (AvgIpc) is 2.77. The van der Waals surface area contributed by atoms with Crippen molar-refractivity contribution in [1.82, 2.24) is 0 Å². The molecule has 0 spiro atoms. The van der Waals surface area contributed by atoms with Gasteiger partial charge in [0.15, 0.2) is 11.5 Å². The largest absolute Gasteiger partial charge is 0.487 e. The van der Waals surface area contributed by atoms with Crippen molar-refractivity contribution in [1.29, 1.82) is 0 Å². The molecule has 3 heteroatoms. The molecule has 0 N–H and O–H groups in total. The van der Waals surface area contributed by atoms with Crippen LogP contribution >= 0.6 is 0 Å². The van der Waals surface area contributed by atoms with Crippen LogP contribution in [0.4, 0.5) is 0 Å². The van der Waals surface area contributed by atoms with E-state index in [0.717, 1.165) is 12.8 Å². The van der Waals surface area contributed by atoms with Crippen molar-refractivity contribution in [2.75, 3.05) is 0 Å². The van der Waals surface area contributed by atoms with E-state index in [-0.39, 0.29) is 6.10 Å². The third kappa shape index (κ3) is 3.60. The van der Waals surface area contributed by atoms with E-state index in [1.165, 1.54) is 6.42 Å². The van der Waals surface area contributed by atoms with Gasteiger partial charge in [0, 0.05) is 5.57 Å². The van der Waals surface area contributed by atoms with Crippen molar-refractivity contribution in [2.45, 2.75) is 39.2 Å². The van der Waals surface area contributed by atoms with Crippen LogP contribution in [-0.4, -0.2) is 12.1 Å². The quantitative estimate of drug-likeness (QED) is 0.470. The Morgan fingerprint density at radius 2 is 1.95 bits per heavy atom. The van der Waals surface area contributed by atoms with Crippen molar-refractivity contribution >= 4 is 5.97 Å². The summed E-state index contributed by atoms with van der Waals surface area (Å²) in [7, 11) is 0. The molecule has 3 nitrogen and oxygen atoms in total. The van der Waals surface area contributed by atoms with Gasteiger partial charge in [-0.25, -0.2) is 4.79 Å². The maximum absolute atomic E-state index is 11.6. The summed E-state index contributed by atoms with van der Waals surface area (Å²) in [5.74, 6) is 1.39. The van der Waals surface area contributed by atoms with Gasteiger partial charge in [-0.15, -0.1) is 0 Å². The smallest absolute Gasteiger partial charge is 0.338 e. The lowest BCUT2D eigenvalue weighted by molar-refractivity contribution is -0.130. The first-order chi connectivity index (χ1) is 9.06. The van der Waals surface area contributed by atoms with E-state index in [1.807, 2.05) is 18.2 Å². The SMILES string of the molecule is C=C(C)C(=O)Oc1ccccc1OC1CCC(C)C1. The first kappa shape index (κ1) is 13.7. The summed E-state index contributed by atoms with van der Waals surface area (Å²) in [5.41, 5.74) is 0.379. The number of hydrogen-bond donors (Lipinski definition) is 0. The van der Waals surface area contributed by atoms with Crippen molar-refractivity contribution in [2.24, 2.45) is 5.92 Å². The molecule has 19 heavy (non-hydrogen) atoms. The minimum Gasteiger partial charge on any atom is -0.487 e. The molecule has 2 rings (SSSR count). The summed E-state index contributed by atoms with van der Waals surface area (Å²) in [6, 6.07) is 7.29. The number of carbonyl (C=O) groups excluding carboxylic acids is 1. The van der Waals surface area contributed by atoms with E-state index in [4.69, 9.17) is 9.47 Å². The van der Waals surface area contributed by atoms with Gasteiger partial charge in [-0.1, -0.05) is 25.6 Å². The Bertz CT molecular complexity index is 479. The van der Waals surface area contributed by atoms with Gasteiger partial charge in [0.25, 0.3) is 0 Å². The number of para-hydroxylation sites is 2. The van der Waals surface area contributed by atoms with Gasteiger partial charge < -0.3 is 9.47 Å². The maximum atomic E-state index is 11.6. The standard InChI is InChI=1S/C16H20O3/c1-11(2)16(17)19-15-7-5-4-6-14(15)18-13-9-8-12(3)10-13/h4-7,12-13H,1,8-10H2,2-3H3. The predicted octanol–water partition coefficient (Wildman–Crippen LogP) is 3.74. The molecule has 1 saturated carbocycles. The fourth-order valence-electron chi connectivity index (χ4n) is 2.26. The number of hydrogen-bond acceptors (Lipinski definition) is 3. The van der Waals surface area contributed by atoms with Crippen LogP contribution in [-0.2, 0) is 4.79 Å².